The molecule has 3 nitrogen and oxygen atoms in total. The van der Waals surface area contributed by atoms with Gasteiger partial charge in [0.25, 0.3) is 0 Å². The molecule has 1 aromatic rings. The second-order valence-electron chi connectivity index (χ2n) is 4.45. The third kappa shape index (κ3) is 11.4. The van der Waals surface area contributed by atoms with E-state index < -0.39 is 0 Å². The Labute approximate surface area is 130 Å². The Bertz CT molecular complexity index is 309. The van der Waals surface area contributed by atoms with E-state index in [9.17, 15) is 0 Å². The van der Waals surface area contributed by atoms with Gasteiger partial charge in [0.2, 0.25) is 0 Å². The molecule has 0 aliphatic heterocycles. The van der Waals surface area contributed by atoms with Crippen molar-refractivity contribution in [2.24, 2.45) is 0 Å². The van der Waals surface area contributed by atoms with E-state index in [0.717, 1.165) is 19.4 Å². The second kappa shape index (κ2) is 15.5. The largest absolute Gasteiger partial charge is 0.379 e. The van der Waals surface area contributed by atoms with Gasteiger partial charge in [-0.15, -0.1) is 0 Å². The van der Waals surface area contributed by atoms with E-state index in [0.29, 0.717) is 33.0 Å². The maximum atomic E-state index is 5.56. The lowest BCUT2D eigenvalue weighted by Gasteiger charge is -2.07. The summed E-state index contributed by atoms with van der Waals surface area (Å²) in [4.78, 5) is 0. The molecule has 3 heteroatoms. The Kier molecular flexibility index (Phi) is 14.8. The molecule has 0 unspecified atom stereocenters. The van der Waals surface area contributed by atoms with Gasteiger partial charge in [-0.1, -0.05) is 52.0 Å². The summed E-state index contributed by atoms with van der Waals surface area (Å²) in [6, 6.07) is 8.55. The minimum Gasteiger partial charge on any atom is -0.379 e. The normalized spacial score (nSPS) is 10.1. The second-order valence-corrected chi connectivity index (χ2v) is 4.45. The van der Waals surface area contributed by atoms with Crippen LogP contribution in [0.25, 0.3) is 0 Å². The summed E-state index contributed by atoms with van der Waals surface area (Å²) in [6.07, 6.45) is 2.13. The smallest absolute Gasteiger partial charge is 0.0718 e. The molecule has 0 bridgehead atoms. The predicted octanol–water partition coefficient (Wildman–Crippen LogP) is 4.24. The van der Waals surface area contributed by atoms with Gasteiger partial charge in [0, 0.05) is 6.61 Å². The lowest BCUT2D eigenvalue weighted by atomic mass is 10.1. The monoisotopic (exact) mass is 296 g/mol. The predicted molar refractivity (Wildman–Crippen MR) is 88.8 cm³/mol. The zero-order valence-corrected chi connectivity index (χ0v) is 14.2. The van der Waals surface area contributed by atoms with Crippen molar-refractivity contribution in [3.8, 4) is 0 Å². The van der Waals surface area contributed by atoms with Crippen molar-refractivity contribution in [2.45, 2.75) is 47.1 Å². The van der Waals surface area contributed by atoms with Crippen LogP contribution in [0.2, 0.25) is 0 Å². The van der Waals surface area contributed by atoms with Crippen LogP contribution in [0, 0.1) is 0 Å². The van der Waals surface area contributed by atoms with Gasteiger partial charge in [0.05, 0.1) is 33.0 Å². The van der Waals surface area contributed by atoms with Gasteiger partial charge in [0.15, 0.2) is 0 Å². The molecular weight excluding hydrogens is 264 g/mol. The minimum atomic E-state index is 0.628. The van der Waals surface area contributed by atoms with Crippen LogP contribution in [-0.4, -0.2) is 33.0 Å². The third-order valence-electron chi connectivity index (χ3n) is 2.79. The maximum absolute atomic E-state index is 5.56. The molecule has 0 aromatic heterocycles. The van der Waals surface area contributed by atoms with E-state index in [-0.39, 0.29) is 0 Å². The molecule has 0 saturated carbocycles. The molecule has 0 heterocycles. The molecule has 0 saturated heterocycles. The van der Waals surface area contributed by atoms with Crippen LogP contribution >= 0.6 is 0 Å². The van der Waals surface area contributed by atoms with Crippen molar-refractivity contribution in [3.05, 3.63) is 35.4 Å². The van der Waals surface area contributed by atoms with E-state index in [1.807, 2.05) is 13.8 Å². The first-order chi connectivity index (χ1) is 10.4. The zero-order valence-electron chi connectivity index (χ0n) is 14.2. The summed E-state index contributed by atoms with van der Waals surface area (Å²) < 4.78 is 16.3. The highest BCUT2D eigenvalue weighted by molar-refractivity contribution is 5.21. The van der Waals surface area contributed by atoms with Crippen molar-refractivity contribution < 1.29 is 14.2 Å². The Balaban J connectivity index is 0.00000191. The maximum Gasteiger partial charge on any atom is 0.0718 e. The topological polar surface area (TPSA) is 27.7 Å². The van der Waals surface area contributed by atoms with Gasteiger partial charge in [-0.25, -0.2) is 0 Å². The number of hydrogen-bond acceptors (Lipinski definition) is 3. The molecule has 0 aliphatic carbocycles. The Morgan fingerprint density at radius 3 is 1.67 bits per heavy atom. The van der Waals surface area contributed by atoms with Crippen molar-refractivity contribution in [3.63, 3.8) is 0 Å². The molecular formula is C18H32O3. The van der Waals surface area contributed by atoms with Gasteiger partial charge in [0.1, 0.15) is 0 Å². The van der Waals surface area contributed by atoms with E-state index >= 15 is 0 Å². The summed E-state index contributed by atoms with van der Waals surface area (Å²) >= 11 is 0. The van der Waals surface area contributed by atoms with Crippen LogP contribution < -0.4 is 0 Å². The number of benzene rings is 1. The fourth-order valence-corrected chi connectivity index (χ4v) is 1.65. The van der Waals surface area contributed by atoms with Crippen molar-refractivity contribution >= 4 is 0 Å². The van der Waals surface area contributed by atoms with Crippen molar-refractivity contribution in [2.75, 3.05) is 33.0 Å². The fourth-order valence-electron chi connectivity index (χ4n) is 1.65. The number of aryl methyl sites for hydroxylation is 1. The van der Waals surface area contributed by atoms with E-state index in [4.69, 9.17) is 14.2 Å². The first kappa shape index (κ1) is 20.1. The van der Waals surface area contributed by atoms with Gasteiger partial charge in [-0.3, -0.25) is 0 Å². The lowest BCUT2D eigenvalue weighted by Crippen LogP contribution is -2.09. The molecule has 0 aliphatic rings. The Morgan fingerprint density at radius 2 is 1.14 bits per heavy atom. The standard InChI is InChI=1S/C16H26O3.C2H6/c1-3-9-17-10-11-18-12-13-19-14-16-7-5-15(4-2)6-8-16;1-2/h5-8H,3-4,9-14H2,1-2H3;1-2H3. The van der Waals surface area contributed by atoms with Crippen LogP contribution in [-0.2, 0) is 27.2 Å². The van der Waals surface area contributed by atoms with Gasteiger partial charge in [-0.2, -0.15) is 0 Å². The van der Waals surface area contributed by atoms with Crippen LogP contribution in [0.4, 0.5) is 0 Å². The first-order valence-electron chi connectivity index (χ1n) is 8.17. The molecule has 1 aromatic carbocycles. The average Bonchev–Trinajstić information content (AvgIpc) is 2.56. The summed E-state index contributed by atoms with van der Waals surface area (Å²) in [5.74, 6) is 0. The molecule has 0 N–H and O–H groups in total. The van der Waals surface area contributed by atoms with E-state index in [1.165, 1.54) is 11.1 Å². The van der Waals surface area contributed by atoms with Crippen LogP contribution in [0.5, 0.6) is 0 Å². The lowest BCUT2D eigenvalue weighted by molar-refractivity contribution is 0.0107. The van der Waals surface area contributed by atoms with E-state index in [2.05, 4.69) is 38.1 Å². The highest BCUT2D eigenvalue weighted by Gasteiger charge is 1.95. The molecule has 21 heavy (non-hydrogen) atoms. The molecule has 0 radical (unpaired) electrons. The Morgan fingerprint density at radius 1 is 0.667 bits per heavy atom. The van der Waals surface area contributed by atoms with Crippen LogP contribution in [0.3, 0.4) is 0 Å². The van der Waals surface area contributed by atoms with Crippen LogP contribution in [0.15, 0.2) is 24.3 Å². The van der Waals surface area contributed by atoms with Crippen molar-refractivity contribution in [1.82, 2.24) is 0 Å². The quantitative estimate of drug-likeness (QED) is 0.572. The molecule has 122 valence electrons. The summed E-state index contributed by atoms with van der Waals surface area (Å²) in [5, 5.41) is 0. The van der Waals surface area contributed by atoms with E-state index in [1.54, 1.807) is 0 Å². The molecule has 0 atom stereocenters. The number of ether oxygens (including phenoxy) is 3. The number of rotatable bonds is 11. The number of hydrogen-bond donors (Lipinski definition) is 0. The fraction of sp³-hybridized carbons (Fsp3) is 0.667. The summed E-state index contributed by atoms with van der Waals surface area (Å²) in [7, 11) is 0. The third-order valence-corrected chi connectivity index (χ3v) is 2.79. The first-order valence-corrected chi connectivity index (χ1v) is 8.17. The summed E-state index contributed by atoms with van der Waals surface area (Å²) in [5.41, 5.74) is 2.57. The van der Waals surface area contributed by atoms with Gasteiger partial charge < -0.3 is 14.2 Å². The molecule has 0 fully saturated rings. The zero-order chi connectivity index (χ0) is 15.8. The average molecular weight is 296 g/mol. The highest BCUT2D eigenvalue weighted by atomic mass is 16.5. The van der Waals surface area contributed by atoms with Crippen LogP contribution in [0.1, 0.15) is 45.2 Å². The molecule has 1 rings (SSSR count). The van der Waals surface area contributed by atoms with Gasteiger partial charge in [-0.05, 0) is 24.0 Å². The highest BCUT2D eigenvalue weighted by Crippen LogP contribution is 2.06. The summed E-state index contributed by atoms with van der Waals surface area (Å²) in [6.45, 7) is 12.3. The van der Waals surface area contributed by atoms with Gasteiger partial charge >= 0.3 is 0 Å². The minimum absolute atomic E-state index is 0.628. The van der Waals surface area contributed by atoms with Crippen molar-refractivity contribution in [1.29, 1.82) is 0 Å². The molecule has 0 spiro atoms. The Hall–Kier alpha value is -0.900. The SMILES string of the molecule is CC.CCCOCCOCCOCc1ccc(CC)cc1. The molecule has 0 amide bonds.